The van der Waals surface area contributed by atoms with Gasteiger partial charge in [0, 0.05) is 18.8 Å². The number of nitrogen functional groups attached to an aromatic ring is 1. The molecule has 0 bridgehead atoms. The maximum absolute atomic E-state index is 13.3. The number of halogens is 1. The highest BCUT2D eigenvalue weighted by molar-refractivity contribution is 7.89. The van der Waals surface area contributed by atoms with Crippen molar-refractivity contribution in [3.8, 4) is 0 Å². The fraction of sp³-hybridized carbons (Fsp3) is 0.462. The third-order valence-electron chi connectivity index (χ3n) is 3.45. The van der Waals surface area contributed by atoms with Crippen molar-refractivity contribution < 1.29 is 22.3 Å². The summed E-state index contributed by atoms with van der Waals surface area (Å²) in [5.74, 6) is -1.65. The molecule has 1 aliphatic rings. The second kappa shape index (κ2) is 5.98. The van der Waals surface area contributed by atoms with E-state index in [9.17, 15) is 17.6 Å². The summed E-state index contributed by atoms with van der Waals surface area (Å²) in [5, 5.41) is 0. The van der Waals surface area contributed by atoms with E-state index in [2.05, 4.69) is 4.74 Å². The van der Waals surface area contributed by atoms with E-state index in [1.54, 1.807) is 0 Å². The molecule has 0 amide bonds. The minimum atomic E-state index is -3.88. The van der Waals surface area contributed by atoms with Crippen LogP contribution in [0.2, 0.25) is 0 Å². The summed E-state index contributed by atoms with van der Waals surface area (Å²) in [6.07, 6.45) is 1.12. The molecule has 1 aromatic carbocycles. The number of esters is 1. The lowest BCUT2D eigenvalue weighted by Gasteiger charge is -2.30. The van der Waals surface area contributed by atoms with Crippen LogP contribution in [0.3, 0.4) is 0 Å². The number of rotatable bonds is 3. The number of anilines is 1. The number of ether oxygens (including phenoxy) is 1. The molecule has 1 atom stereocenters. The van der Waals surface area contributed by atoms with Crippen molar-refractivity contribution in [2.75, 3.05) is 25.9 Å². The molecule has 0 aromatic heterocycles. The SMILES string of the molecule is COC(=O)C1CCCN(S(=O)(=O)c2cc(N)cc(F)c2)C1. The van der Waals surface area contributed by atoms with Crippen LogP contribution in [0.15, 0.2) is 23.1 Å². The van der Waals surface area contributed by atoms with Gasteiger partial charge in [0.05, 0.1) is 17.9 Å². The number of sulfonamides is 1. The summed E-state index contributed by atoms with van der Waals surface area (Å²) in [6.45, 7) is 0.317. The summed E-state index contributed by atoms with van der Waals surface area (Å²) in [5.41, 5.74) is 5.52. The van der Waals surface area contributed by atoms with E-state index in [4.69, 9.17) is 5.73 Å². The highest BCUT2D eigenvalue weighted by Gasteiger charge is 2.34. The van der Waals surface area contributed by atoms with Crippen LogP contribution < -0.4 is 5.73 Å². The zero-order valence-electron chi connectivity index (χ0n) is 11.6. The van der Waals surface area contributed by atoms with Crippen molar-refractivity contribution in [1.29, 1.82) is 0 Å². The molecule has 6 nitrogen and oxygen atoms in total. The number of nitrogens with zero attached hydrogens (tertiary/aromatic N) is 1. The normalized spacial score (nSPS) is 20.2. The molecule has 2 rings (SSSR count). The lowest BCUT2D eigenvalue weighted by atomic mass is 10.0. The maximum Gasteiger partial charge on any atom is 0.309 e. The first-order chi connectivity index (χ1) is 9.84. The molecule has 1 unspecified atom stereocenters. The largest absolute Gasteiger partial charge is 0.469 e. The third-order valence-corrected chi connectivity index (χ3v) is 5.29. The first-order valence-corrected chi connectivity index (χ1v) is 7.92. The third kappa shape index (κ3) is 3.33. The van der Waals surface area contributed by atoms with E-state index < -0.39 is 27.7 Å². The Kier molecular flexibility index (Phi) is 4.48. The van der Waals surface area contributed by atoms with Gasteiger partial charge in [-0.1, -0.05) is 0 Å². The van der Waals surface area contributed by atoms with Gasteiger partial charge >= 0.3 is 5.97 Å². The summed E-state index contributed by atoms with van der Waals surface area (Å²) < 4.78 is 44.2. The molecule has 0 aliphatic carbocycles. The molecule has 1 fully saturated rings. The Morgan fingerprint density at radius 3 is 2.76 bits per heavy atom. The van der Waals surface area contributed by atoms with Gasteiger partial charge in [-0.05, 0) is 31.0 Å². The van der Waals surface area contributed by atoms with Crippen molar-refractivity contribution in [2.45, 2.75) is 17.7 Å². The zero-order valence-corrected chi connectivity index (χ0v) is 12.4. The van der Waals surface area contributed by atoms with Crippen LogP contribution in [-0.4, -0.2) is 38.9 Å². The fourth-order valence-electron chi connectivity index (χ4n) is 2.40. The molecule has 116 valence electrons. The summed E-state index contributed by atoms with van der Waals surface area (Å²) in [4.78, 5) is 11.4. The Bertz CT molecular complexity index is 627. The standard InChI is InChI=1S/C13H17FN2O4S/c1-20-13(17)9-3-2-4-16(8-9)21(18,19)12-6-10(14)5-11(15)7-12/h5-7,9H,2-4,8,15H2,1H3. The van der Waals surface area contributed by atoms with Crippen molar-refractivity contribution in [2.24, 2.45) is 5.92 Å². The van der Waals surface area contributed by atoms with Crippen LogP contribution in [0.5, 0.6) is 0 Å². The maximum atomic E-state index is 13.3. The van der Waals surface area contributed by atoms with Gasteiger partial charge in [0.2, 0.25) is 10.0 Å². The molecule has 1 heterocycles. The van der Waals surface area contributed by atoms with Crippen molar-refractivity contribution >= 4 is 21.7 Å². The van der Waals surface area contributed by atoms with Gasteiger partial charge in [0.25, 0.3) is 0 Å². The molecule has 0 saturated carbocycles. The van der Waals surface area contributed by atoms with Crippen LogP contribution in [0.25, 0.3) is 0 Å². The Labute approximate surface area is 122 Å². The molecular formula is C13H17FN2O4S. The Balaban J connectivity index is 2.28. The first kappa shape index (κ1) is 15.7. The van der Waals surface area contributed by atoms with Gasteiger partial charge in [-0.2, -0.15) is 4.31 Å². The van der Waals surface area contributed by atoms with Crippen LogP contribution in [0.1, 0.15) is 12.8 Å². The second-order valence-electron chi connectivity index (χ2n) is 4.95. The van der Waals surface area contributed by atoms with E-state index in [-0.39, 0.29) is 23.7 Å². The molecule has 1 saturated heterocycles. The van der Waals surface area contributed by atoms with Gasteiger partial charge in [-0.25, -0.2) is 12.8 Å². The van der Waals surface area contributed by atoms with Crippen molar-refractivity contribution in [3.05, 3.63) is 24.0 Å². The molecule has 0 radical (unpaired) electrons. The van der Waals surface area contributed by atoms with Crippen LogP contribution in [-0.2, 0) is 19.6 Å². The monoisotopic (exact) mass is 316 g/mol. The number of methoxy groups -OCH3 is 1. The number of carbonyl (C=O) groups excluding carboxylic acids is 1. The van der Waals surface area contributed by atoms with Crippen LogP contribution >= 0.6 is 0 Å². The van der Waals surface area contributed by atoms with E-state index in [1.807, 2.05) is 0 Å². The molecule has 2 N–H and O–H groups in total. The van der Waals surface area contributed by atoms with Crippen molar-refractivity contribution in [1.82, 2.24) is 4.31 Å². The van der Waals surface area contributed by atoms with Crippen LogP contribution in [0, 0.1) is 11.7 Å². The Hall–Kier alpha value is -1.67. The molecular weight excluding hydrogens is 299 g/mol. The molecule has 8 heteroatoms. The van der Waals surface area contributed by atoms with E-state index in [0.29, 0.717) is 12.8 Å². The number of hydrogen-bond donors (Lipinski definition) is 1. The van der Waals surface area contributed by atoms with E-state index >= 15 is 0 Å². The predicted molar refractivity (Wildman–Crippen MR) is 74.3 cm³/mol. The fourth-order valence-corrected chi connectivity index (χ4v) is 3.99. The molecule has 0 spiro atoms. The lowest BCUT2D eigenvalue weighted by molar-refractivity contribution is -0.146. The second-order valence-corrected chi connectivity index (χ2v) is 6.88. The van der Waals surface area contributed by atoms with Gasteiger partial charge in [0.15, 0.2) is 0 Å². The summed E-state index contributed by atoms with van der Waals surface area (Å²) in [7, 11) is -2.61. The zero-order chi connectivity index (χ0) is 15.6. The topological polar surface area (TPSA) is 89.7 Å². The molecule has 1 aromatic rings. The smallest absolute Gasteiger partial charge is 0.309 e. The minimum absolute atomic E-state index is 0.0332. The predicted octanol–water partition coefficient (Wildman–Crippen LogP) is 0.982. The number of benzene rings is 1. The average Bonchev–Trinajstić information content (AvgIpc) is 2.45. The highest BCUT2D eigenvalue weighted by Crippen LogP contribution is 2.26. The van der Waals surface area contributed by atoms with Gasteiger partial charge in [0.1, 0.15) is 5.82 Å². The van der Waals surface area contributed by atoms with Gasteiger partial charge in [-0.3, -0.25) is 4.79 Å². The van der Waals surface area contributed by atoms with Crippen LogP contribution in [0.4, 0.5) is 10.1 Å². The van der Waals surface area contributed by atoms with E-state index in [0.717, 1.165) is 12.1 Å². The number of nitrogens with two attached hydrogens (primary N) is 1. The molecule has 1 aliphatic heterocycles. The average molecular weight is 316 g/mol. The summed E-state index contributed by atoms with van der Waals surface area (Å²) in [6, 6.07) is 3.18. The Morgan fingerprint density at radius 1 is 1.43 bits per heavy atom. The number of piperidine rings is 1. The Morgan fingerprint density at radius 2 is 2.14 bits per heavy atom. The number of hydrogen-bond acceptors (Lipinski definition) is 5. The van der Waals surface area contributed by atoms with Crippen molar-refractivity contribution in [3.63, 3.8) is 0 Å². The summed E-state index contributed by atoms with van der Waals surface area (Å²) >= 11 is 0. The first-order valence-electron chi connectivity index (χ1n) is 6.48. The van der Waals surface area contributed by atoms with Gasteiger partial charge in [-0.15, -0.1) is 0 Å². The quantitative estimate of drug-likeness (QED) is 0.663. The molecule has 21 heavy (non-hydrogen) atoms. The van der Waals surface area contributed by atoms with Gasteiger partial charge < -0.3 is 10.5 Å². The lowest BCUT2D eigenvalue weighted by Crippen LogP contribution is -2.42. The highest BCUT2D eigenvalue weighted by atomic mass is 32.2. The minimum Gasteiger partial charge on any atom is -0.469 e. The number of carbonyl (C=O) groups is 1. The van der Waals surface area contributed by atoms with E-state index in [1.165, 1.54) is 17.5 Å².